The molecule has 0 spiro atoms. The highest BCUT2D eigenvalue weighted by Gasteiger charge is 2.32. The van der Waals surface area contributed by atoms with Crippen molar-refractivity contribution in [2.45, 2.75) is 11.7 Å². The van der Waals surface area contributed by atoms with Crippen LogP contribution in [0.2, 0.25) is 0 Å². The molecule has 0 radical (unpaired) electrons. The quantitative estimate of drug-likeness (QED) is 0.690. The minimum Gasteiger partial charge on any atom is -0.481 e. The summed E-state index contributed by atoms with van der Waals surface area (Å²) in [4.78, 5) is 22.0. The second kappa shape index (κ2) is 5.61. The molecule has 0 aromatic carbocycles. The first-order chi connectivity index (χ1) is 9.06. The second-order valence-electron chi connectivity index (χ2n) is 3.68. The van der Waals surface area contributed by atoms with E-state index in [1.165, 1.54) is 6.26 Å². The molecule has 2 heterocycles. The summed E-state index contributed by atoms with van der Waals surface area (Å²) < 4.78 is 5.10. The minimum absolute atomic E-state index is 0.241. The molecule has 1 aliphatic rings. The van der Waals surface area contributed by atoms with Crippen molar-refractivity contribution >= 4 is 34.5 Å². The lowest BCUT2D eigenvalue weighted by Crippen LogP contribution is -2.27. The van der Waals surface area contributed by atoms with E-state index in [4.69, 9.17) is 9.52 Å². The summed E-state index contributed by atoms with van der Waals surface area (Å²) in [5, 5.41) is 14.7. The zero-order valence-electron chi connectivity index (χ0n) is 9.75. The number of nitrogens with zero attached hydrogens (tertiary/aromatic N) is 1. The molecule has 1 saturated heterocycles. The van der Waals surface area contributed by atoms with Crippen LogP contribution >= 0.6 is 11.8 Å². The number of amidine groups is 1. The fraction of sp³-hybridized carbons (Fsp3) is 0.182. The van der Waals surface area contributed by atoms with Crippen molar-refractivity contribution < 1.29 is 19.1 Å². The van der Waals surface area contributed by atoms with Gasteiger partial charge in [-0.1, -0.05) is 18.3 Å². The predicted octanol–water partition coefficient (Wildman–Crippen LogP) is 0.817. The molecule has 1 amide bonds. The molecule has 7 nitrogen and oxygen atoms in total. The van der Waals surface area contributed by atoms with Crippen molar-refractivity contribution in [1.82, 2.24) is 10.7 Å². The molecule has 0 bridgehead atoms. The fourth-order valence-corrected chi connectivity index (χ4v) is 2.29. The van der Waals surface area contributed by atoms with E-state index in [-0.39, 0.29) is 12.3 Å². The van der Waals surface area contributed by atoms with Gasteiger partial charge in [0.1, 0.15) is 5.25 Å². The standard InChI is InChI=1S/C11H11N3O4S/c1-6(7-3-2-4-18-7)13-14-11-12-10(17)8(19-11)5-9(15)16/h2-4,8,13H,1,5H2,(H,15,16)(H,12,14,17). The number of furan rings is 1. The van der Waals surface area contributed by atoms with Gasteiger partial charge in [-0.25, -0.2) is 0 Å². The second-order valence-corrected chi connectivity index (χ2v) is 4.87. The Labute approximate surface area is 112 Å². The molecule has 1 atom stereocenters. The Morgan fingerprint density at radius 3 is 3.11 bits per heavy atom. The van der Waals surface area contributed by atoms with Gasteiger partial charge in [0, 0.05) is 0 Å². The molecule has 8 heteroatoms. The van der Waals surface area contributed by atoms with Gasteiger partial charge in [0.15, 0.2) is 10.9 Å². The zero-order chi connectivity index (χ0) is 13.8. The number of carboxylic acids is 1. The smallest absolute Gasteiger partial charge is 0.305 e. The van der Waals surface area contributed by atoms with E-state index in [9.17, 15) is 9.59 Å². The number of carboxylic acid groups (broad SMARTS) is 1. The van der Waals surface area contributed by atoms with E-state index in [1.807, 2.05) is 0 Å². The summed E-state index contributed by atoms with van der Waals surface area (Å²) in [5.74, 6) is -0.862. The third kappa shape index (κ3) is 3.38. The van der Waals surface area contributed by atoms with Crippen molar-refractivity contribution in [3.63, 3.8) is 0 Å². The highest BCUT2D eigenvalue weighted by molar-refractivity contribution is 8.15. The average Bonchev–Trinajstić information content (AvgIpc) is 2.96. The Bertz CT molecular complexity index is 538. The van der Waals surface area contributed by atoms with Crippen LogP contribution in [0, 0.1) is 0 Å². The highest BCUT2D eigenvalue weighted by Crippen LogP contribution is 2.22. The van der Waals surface area contributed by atoms with E-state index in [2.05, 4.69) is 22.4 Å². The van der Waals surface area contributed by atoms with Gasteiger partial charge in [0.2, 0.25) is 5.91 Å². The predicted molar refractivity (Wildman–Crippen MR) is 70.1 cm³/mol. The molecular formula is C11H11N3O4S. The lowest BCUT2D eigenvalue weighted by atomic mass is 10.3. The first-order valence-electron chi connectivity index (χ1n) is 5.32. The van der Waals surface area contributed by atoms with Gasteiger partial charge in [-0.2, -0.15) is 0 Å². The first kappa shape index (κ1) is 13.2. The Morgan fingerprint density at radius 1 is 1.68 bits per heavy atom. The topological polar surface area (TPSA) is 104 Å². The van der Waals surface area contributed by atoms with Crippen LogP contribution in [0.5, 0.6) is 0 Å². The third-order valence-electron chi connectivity index (χ3n) is 2.25. The number of carbonyl (C=O) groups is 2. The average molecular weight is 281 g/mol. The molecule has 1 aromatic heterocycles. The van der Waals surface area contributed by atoms with Gasteiger partial charge in [-0.05, 0) is 12.1 Å². The summed E-state index contributed by atoms with van der Waals surface area (Å²) in [6.07, 6.45) is 1.26. The molecule has 2 rings (SSSR count). The summed E-state index contributed by atoms with van der Waals surface area (Å²) >= 11 is 1.06. The normalized spacial score (nSPS) is 20.3. The molecule has 1 aliphatic heterocycles. The molecule has 1 fully saturated rings. The van der Waals surface area contributed by atoms with Crippen molar-refractivity contribution in [1.29, 1.82) is 0 Å². The van der Waals surface area contributed by atoms with E-state index >= 15 is 0 Å². The van der Waals surface area contributed by atoms with Gasteiger partial charge in [0.05, 0.1) is 18.4 Å². The number of amides is 1. The molecular weight excluding hydrogens is 270 g/mol. The van der Waals surface area contributed by atoms with E-state index < -0.39 is 11.2 Å². The van der Waals surface area contributed by atoms with Crippen LogP contribution in [0.4, 0.5) is 0 Å². The monoisotopic (exact) mass is 281 g/mol. The van der Waals surface area contributed by atoms with Crippen molar-refractivity contribution in [3.05, 3.63) is 30.7 Å². The van der Waals surface area contributed by atoms with E-state index in [1.54, 1.807) is 12.1 Å². The number of carbonyl (C=O) groups excluding carboxylic acids is 1. The first-order valence-corrected chi connectivity index (χ1v) is 6.20. The lowest BCUT2D eigenvalue weighted by Gasteiger charge is -2.01. The van der Waals surface area contributed by atoms with Crippen molar-refractivity contribution in [2.24, 2.45) is 5.10 Å². The third-order valence-corrected chi connectivity index (χ3v) is 3.33. The molecule has 0 saturated carbocycles. The van der Waals surface area contributed by atoms with Crippen molar-refractivity contribution in [3.8, 4) is 0 Å². The Balaban J connectivity index is 1.93. The number of thioether (sulfide) groups is 1. The van der Waals surface area contributed by atoms with Crippen LogP contribution in [0.1, 0.15) is 12.2 Å². The lowest BCUT2D eigenvalue weighted by molar-refractivity contribution is -0.138. The number of nitrogens with one attached hydrogen (secondary N) is 2. The van der Waals surface area contributed by atoms with Crippen LogP contribution in [0.3, 0.4) is 0 Å². The van der Waals surface area contributed by atoms with Gasteiger partial charge in [0.25, 0.3) is 0 Å². The molecule has 3 N–H and O–H groups in total. The van der Waals surface area contributed by atoms with Crippen LogP contribution in [0.15, 0.2) is 34.5 Å². The van der Waals surface area contributed by atoms with E-state index in [0.29, 0.717) is 16.6 Å². The molecule has 19 heavy (non-hydrogen) atoms. The maximum absolute atomic E-state index is 11.4. The van der Waals surface area contributed by atoms with Crippen molar-refractivity contribution in [2.75, 3.05) is 0 Å². The molecule has 0 aliphatic carbocycles. The Hall–Kier alpha value is -2.22. The molecule has 1 aromatic rings. The van der Waals surface area contributed by atoms with Crippen LogP contribution in [0.25, 0.3) is 5.70 Å². The maximum atomic E-state index is 11.4. The largest absolute Gasteiger partial charge is 0.481 e. The van der Waals surface area contributed by atoms with Gasteiger partial charge < -0.3 is 14.8 Å². The summed E-state index contributed by atoms with van der Waals surface area (Å²) in [5.41, 5.74) is 3.08. The SMILES string of the molecule is C=C(N/N=C1/NC(=O)C(CC(=O)O)S1)c1ccco1. The fourth-order valence-electron chi connectivity index (χ4n) is 1.37. The summed E-state index contributed by atoms with van der Waals surface area (Å²) in [6, 6.07) is 3.42. The number of hydrogen-bond acceptors (Lipinski definition) is 6. The summed E-state index contributed by atoms with van der Waals surface area (Å²) in [7, 11) is 0. The number of rotatable bonds is 5. The number of hydrazone groups is 1. The van der Waals surface area contributed by atoms with Gasteiger partial charge in [-0.3, -0.25) is 15.0 Å². The number of hydrogen-bond donors (Lipinski definition) is 3. The summed E-state index contributed by atoms with van der Waals surface area (Å²) in [6.45, 7) is 3.72. The van der Waals surface area contributed by atoms with Crippen LogP contribution < -0.4 is 10.7 Å². The molecule has 100 valence electrons. The molecule has 1 unspecified atom stereocenters. The number of aliphatic carboxylic acids is 1. The van der Waals surface area contributed by atoms with E-state index in [0.717, 1.165) is 11.8 Å². The highest BCUT2D eigenvalue weighted by atomic mass is 32.2. The zero-order valence-corrected chi connectivity index (χ0v) is 10.6. The Kier molecular flexibility index (Phi) is 3.91. The van der Waals surface area contributed by atoms with Crippen LogP contribution in [-0.2, 0) is 9.59 Å². The van der Waals surface area contributed by atoms with Crippen LogP contribution in [-0.4, -0.2) is 27.4 Å². The minimum atomic E-state index is -1.03. The van der Waals surface area contributed by atoms with Gasteiger partial charge in [-0.15, -0.1) is 5.10 Å². The maximum Gasteiger partial charge on any atom is 0.305 e. The van der Waals surface area contributed by atoms with Gasteiger partial charge >= 0.3 is 5.97 Å². The Morgan fingerprint density at radius 2 is 2.47 bits per heavy atom.